The van der Waals surface area contributed by atoms with Crippen molar-refractivity contribution in [3.63, 3.8) is 0 Å². The van der Waals surface area contributed by atoms with Crippen molar-refractivity contribution in [1.82, 2.24) is 0 Å². The second-order valence-corrected chi connectivity index (χ2v) is 3.75. The molecule has 0 saturated heterocycles. The number of hydrogen-bond donors (Lipinski definition) is 0. The molecule has 0 bridgehead atoms. The summed E-state index contributed by atoms with van der Waals surface area (Å²) in [6.07, 6.45) is 7.07. The summed E-state index contributed by atoms with van der Waals surface area (Å²) in [4.78, 5) is 0. The van der Waals surface area contributed by atoms with Crippen LogP contribution in [0.2, 0.25) is 0 Å². The maximum Gasteiger partial charge on any atom is 0.0575 e. The largest absolute Gasteiger partial charge is 0.378 e. The third kappa shape index (κ3) is 3.24. The van der Waals surface area contributed by atoms with Gasteiger partial charge in [-0.15, -0.1) is 0 Å². The second kappa shape index (κ2) is 4.76. The van der Waals surface area contributed by atoms with E-state index >= 15 is 0 Å². The van der Waals surface area contributed by atoms with Crippen LogP contribution in [0.3, 0.4) is 0 Å². The Morgan fingerprint density at radius 2 is 1.82 bits per heavy atom. The van der Waals surface area contributed by atoms with Gasteiger partial charge >= 0.3 is 0 Å². The van der Waals surface area contributed by atoms with Gasteiger partial charge < -0.3 is 4.74 Å². The Morgan fingerprint density at radius 1 is 1.18 bits per heavy atom. The summed E-state index contributed by atoms with van der Waals surface area (Å²) >= 11 is 0. The molecule has 0 amide bonds. The van der Waals surface area contributed by atoms with Crippen LogP contribution in [0.15, 0.2) is 0 Å². The third-order valence-corrected chi connectivity index (χ3v) is 2.52. The highest BCUT2D eigenvalue weighted by atomic mass is 16.5. The predicted octanol–water partition coefficient (Wildman–Crippen LogP) is 2.99. The number of hydrogen-bond acceptors (Lipinski definition) is 1. The standard InChI is InChI=1S/C10H20O/c1-3-8-11-10-6-4-9(2)5-7-10/h9-10H,3-8H2,1-2H3/t9-,10-. The van der Waals surface area contributed by atoms with E-state index < -0.39 is 0 Å². The molecule has 0 heterocycles. The van der Waals surface area contributed by atoms with Crippen LogP contribution in [0.5, 0.6) is 0 Å². The van der Waals surface area contributed by atoms with E-state index in [1.165, 1.54) is 25.7 Å². The van der Waals surface area contributed by atoms with Crippen molar-refractivity contribution in [2.45, 2.75) is 52.1 Å². The molecule has 0 atom stereocenters. The molecular formula is C10H20O. The zero-order valence-electron chi connectivity index (χ0n) is 7.81. The molecule has 1 saturated carbocycles. The van der Waals surface area contributed by atoms with Crippen LogP contribution >= 0.6 is 0 Å². The molecule has 1 fully saturated rings. The zero-order valence-corrected chi connectivity index (χ0v) is 7.81. The van der Waals surface area contributed by atoms with Gasteiger partial charge in [0.25, 0.3) is 0 Å². The maximum absolute atomic E-state index is 5.68. The molecule has 0 unspecified atom stereocenters. The van der Waals surface area contributed by atoms with Crippen LogP contribution in [-0.4, -0.2) is 12.7 Å². The summed E-state index contributed by atoms with van der Waals surface area (Å²) in [5.74, 6) is 0.941. The molecule has 1 aliphatic carbocycles. The minimum Gasteiger partial charge on any atom is -0.378 e. The van der Waals surface area contributed by atoms with Gasteiger partial charge in [-0.05, 0) is 38.0 Å². The van der Waals surface area contributed by atoms with Crippen molar-refractivity contribution in [3.8, 4) is 0 Å². The van der Waals surface area contributed by atoms with Crippen molar-refractivity contribution >= 4 is 0 Å². The van der Waals surface area contributed by atoms with Gasteiger partial charge in [0, 0.05) is 6.61 Å². The van der Waals surface area contributed by atoms with Crippen LogP contribution in [0.4, 0.5) is 0 Å². The second-order valence-electron chi connectivity index (χ2n) is 3.75. The van der Waals surface area contributed by atoms with E-state index in [2.05, 4.69) is 13.8 Å². The molecule has 1 heteroatoms. The van der Waals surface area contributed by atoms with Gasteiger partial charge in [0.2, 0.25) is 0 Å². The lowest BCUT2D eigenvalue weighted by Crippen LogP contribution is -2.20. The van der Waals surface area contributed by atoms with Crippen LogP contribution < -0.4 is 0 Å². The summed E-state index contributed by atoms with van der Waals surface area (Å²) < 4.78 is 5.68. The van der Waals surface area contributed by atoms with Crippen LogP contribution in [-0.2, 0) is 4.74 Å². The van der Waals surface area contributed by atoms with E-state index in [1.54, 1.807) is 0 Å². The van der Waals surface area contributed by atoms with Gasteiger partial charge in [-0.1, -0.05) is 13.8 Å². The van der Waals surface area contributed by atoms with Crippen molar-refractivity contribution < 1.29 is 4.74 Å². The molecule has 0 N–H and O–H groups in total. The minimum atomic E-state index is 0.589. The van der Waals surface area contributed by atoms with Gasteiger partial charge in [-0.2, -0.15) is 0 Å². The van der Waals surface area contributed by atoms with Gasteiger partial charge in [0.15, 0.2) is 0 Å². The van der Waals surface area contributed by atoms with Crippen LogP contribution in [0.1, 0.15) is 46.0 Å². The SMILES string of the molecule is CCCO[C@H]1CC[C@H](C)CC1. The fraction of sp³-hybridized carbons (Fsp3) is 1.00. The van der Waals surface area contributed by atoms with Crippen molar-refractivity contribution in [2.75, 3.05) is 6.61 Å². The first-order valence-corrected chi connectivity index (χ1v) is 4.94. The van der Waals surface area contributed by atoms with E-state index in [0.29, 0.717) is 6.10 Å². The lowest BCUT2D eigenvalue weighted by Gasteiger charge is -2.25. The first-order valence-electron chi connectivity index (χ1n) is 4.94. The Balaban J connectivity index is 2.07. The van der Waals surface area contributed by atoms with E-state index in [1.807, 2.05) is 0 Å². The summed E-state index contributed by atoms with van der Waals surface area (Å²) in [5.41, 5.74) is 0. The van der Waals surface area contributed by atoms with Crippen molar-refractivity contribution in [3.05, 3.63) is 0 Å². The van der Waals surface area contributed by atoms with E-state index in [9.17, 15) is 0 Å². The Morgan fingerprint density at radius 3 is 2.36 bits per heavy atom. The molecule has 0 radical (unpaired) electrons. The maximum atomic E-state index is 5.68. The highest BCUT2D eigenvalue weighted by Gasteiger charge is 2.17. The quantitative estimate of drug-likeness (QED) is 0.610. The Kier molecular flexibility index (Phi) is 3.92. The third-order valence-electron chi connectivity index (χ3n) is 2.52. The predicted molar refractivity (Wildman–Crippen MR) is 47.7 cm³/mol. The van der Waals surface area contributed by atoms with Gasteiger partial charge in [-0.25, -0.2) is 0 Å². The van der Waals surface area contributed by atoms with Crippen LogP contribution in [0.25, 0.3) is 0 Å². The zero-order chi connectivity index (χ0) is 8.10. The summed E-state index contributed by atoms with van der Waals surface area (Å²) in [7, 11) is 0. The minimum absolute atomic E-state index is 0.589. The average molecular weight is 156 g/mol. The highest BCUT2D eigenvalue weighted by Crippen LogP contribution is 2.25. The molecular weight excluding hydrogens is 136 g/mol. The van der Waals surface area contributed by atoms with E-state index in [-0.39, 0.29) is 0 Å². The fourth-order valence-electron chi connectivity index (χ4n) is 1.68. The Hall–Kier alpha value is -0.0400. The van der Waals surface area contributed by atoms with Gasteiger partial charge in [0.1, 0.15) is 0 Å². The van der Waals surface area contributed by atoms with E-state index in [4.69, 9.17) is 4.74 Å². The molecule has 0 aromatic carbocycles. The monoisotopic (exact) mass is 156 g/mol. The lowest BCUT2D eigenvalue weighted by molar-refractivity contribution is 0.0203. The molecule has 1 nitrogen and oxygen atoms in total. The number of rotatable bonds is 3. The van der Waals surface area contributed by atoms with Crippen molar-refractivity contribution in [1.29, 1.82) is 0 Å². The van der Waals surface area contributed by atoms with Gasteiger partial charge in [-0.3, -0.25) is 0 Å². The normalized spacial score (nSPS) is 32.2. The lowest BCUT2D eigenvalue weighted by atomic mass is 9.89. The summed E-state index contributed by atoms with van der Waals surface area (Å²) in [5, 5.41) is 0. The van der Waals surface area contributed by atoms with Gasteiger partial charge in [0.05, 0.1) is 6.10 Å². The summed E-state index contributed by atoms with van der Waals surface area (Å²) in [6.45, 7) is 5.47. The molecule has 0 aliphatic heterocycles. The topological polar surface area (TPSA) is 9.23 Å². The average Bonchev–Trinajstić information content (AvgIpc) is 2.04. The molecule has 0 spiro atoms. The smallest absolute Gasteiger partial charge is 0.0575 e. The first kappa shape index (κ1) is 9.05. The fourth-order valence-corrected chi connectivity index (χ4v) is 1.68. The molecule has 11 heavy (non-hydrogen) atoms. The van der Waals surface area contributed by atoms with E-state index in [0.717, 1.165) is 18.9 Å². The van der Waals surface area contributed by atoms with Crippen molar-refractivity contribution in [2.24, 2.45) is 5.92 Å². The van der Waals surface area contributed by atoms with Crippen LogP contribution in [0, 0.1) is 5.92 Å². The Bertz CT molecular complexity index is 90.3. The highest BCUT2D eigenvalue weighted by molar-refractivity contribution is 4.69. The molecule has 0 aromatic heterocycles. The molecule has 1 aliphatic rings. The first-order chi connectivity index (χ1) is 5.33. The molecule has 66 valence electrons. The molecule has 1 rings (SSSR count). The molecule has 0 aromatic rings. The number of ether oxygens (including phenoxy) is 1. The Labute approximate surface area is 70.1 Å². The summed E-state index contributed by atoms with van der Waals surface area (Å²) in [6, 6.07) is 0.